The van der Waals surface area contributed by atoms with Crippen molar-refractivity contribution in [2.45, 2.75) is 12.5 Å². The number of nitrogens with two attached hydrogens (primary N) is 1. The number of halogens is 2. The molecule has 1 unspecified atom stereocenters. The zero-order valence-electron chi connectivity index (χ0n) is 7.22. The fourth-order valence-electron chi connectivity index (χ4n) is 1.11. The van der Waals surface area contributed by atoms with Gasteiger partial charge in [0.25, 0.3) is 0 Å². The lowest BCUT2D eigenvalue weighted by atomic mass is 9.96. The summed E-state index contributed by atoms with van der Waals surface area (Å²) in [4.78, 5) is 0. The molecule has 0 spiro atoms. The summed E-state index contributed by atoms with van der Waals surface area (Å²) in [6, 6.07) is 4.53. The Hall–Kier alpha value is -0.450. The number of aliphatic hydroxyl groups is 1. The third-order valence-corrected chi connectivity index (χ3v) is 2.56. The summed E-state index contributed by atoms with van der Waals surface area (Å²) >= 11 is 3.17. The second-order valence-corrected chi connectivity index (χ2v) is 3.93. The van der Waals surface area contributed by atoms with E-state index >= 15 is 0 Å². The van der Waals surface area contributed by atoms with Crippen LogP contribution in [0.4, 0.5) is 4.39 Å². The summed E-state index contributed by atoms with van der Waals surface area (Å²) in [5.74, 6) is -0.454. The molecule has 0 aliphatic rings. The summed E-state index contributed by atoms with van der Waals surface area (Å²) in [5.41, 5.74) is 4.22. The van der Waals surface area contributed by atoms with Crippen molar-refractivity contribution in [3.05, 3.63) is 34.1 Å². The summed E-state index contributed by atoms with van der Waals surface area (Å²) < 4.78 is 13.8. The van der Waals surface area contributed by atoms with Gasteiger partial charge in [-0.3, -0.25) is 0 Å². The molecule has 0 amide bonds. The molecule has 1 aromatic carbocycles. The molecule has 3 N–H and O–H groups in total. The molecule has 72 valence electrons. The minimum atomic E-state index is -1.33. The standard InChI is InChI=1S/C9H11BrFNO/c1-9(13,5-12)8-6(10)3-2-4-7(8)11/h2-4,13H,5,12H2,1H3. The Kier molecular flexibility index (Phi) is 3.05. The maximum absolute atomic E-state index is 13.3. The van der Waals surface area contributed by atoms with Gasteiger partial charge in [-0.2, -0.15) is 0 Å². The molecule has 1 aromatic rings. The van der Waals surface area contributed by atoms with Gasteiger partial charge in [-0.15, -0.1) is 0 Å². The first-order valence-electron chi connectivity index (χ1n) is 3.86. The van der Waals surface area contributed by atoms with Crippen LogP contribution in [0.15, 0.2) is 22.7 Å². The van der Waals surface area contributed by atoms with E-state index in [2.05, 4.69) is 15.9 Å². The van der Waals surface area contributed by atoms with Gasteiger partial charge in [0.05, 0.1) is 0 Å². The van der Waals surface area contributed by atoms with Gasteiger partial charge in [-0.05, 0) is 19.1 Å². The van der Waals surface area contributed by atoms with Crippen molar-refractivity contribution in [3.8, 4) is 0 Å². The Balaban J connectivity index is 3.28. The highest BCUT2D eigenvalue weighted by Crippen LogP contribution is 2.29. The second kappa shape index (κ2) is 3.74. The van der Waals surface area contributed by atoms with E-state index in [9.17, 15) is 9.50 Å². The number of benzene rings is 1. The molecule has 1 rings (SSSR count). The topological polar surface area (TPSA) is 46.2 Å². The van der Waals surface area contributed by atoms with Crippen molar-refractivity contribution in [1.82, 2.24) is 0 Å². The highest BCUT2D eigenvalue weighted by molar-refractivity contribution is 9.10. The van der Waals surface area contributed by atoms with Crippen LogP contribution in [0.5, 0.6) is 0 Å². The predicted molar refractivity (Wildman–Crippen MR) is 52.7 cm³/mol. The third-order valence-electron chi connectivity index (χ3n) is 1.90. The summed E-state index contributed by atoms with van der Waals surface area (Å²) in [7, 11) is 0. The molecule has 13 heavy (non-hydrogen) atoms. The van der Waals surface area contributed by atoms with Gasteiger partial charge in [0.1, 0.15) is 11.4 Å². The van der Waals surface area contributed by atoms with Crippen molar-refractivity contribution in [2.75, 3.05) is 6.54 Å². The first-order valence-corrected chi connectivity index (χ1v) is 4.65. The zero-order chi connectivity index (χ0) is 10.1. The molecule has 0 saturated carbocycles. The smallest absolute Gasteiger partial charge is 0.130 e. The Labute approximate surface area is 84.7 Å². The van der Waals surface area contributed by atoms with Crippen LogP contribution >= 0.6 is 15.9 Å². The van der Waals surface area contributed by atoms with E-state index in [1.165, 1.54) is 13.0 Å². The third kappa shape index (κ3) is 2.07. The second-order valence-electron chi connectivity index (χ2n) is 3.07. The van der Waals surface area contributed by atoms with Crippen LogP contribution in [0, 0.1) is 5.82 Å². The van der Waals surface area contributed by atoms with Crippen molar-refractivity contribution in [2.24, 2.45) is 5.73 Å². The lowest BCUT2D eigenvalue weighted by Crippen LogP contribution is -2.32. The molecule has 4 heteroatoms. The van der Waals surface area contributed by atoms with E-state index in [4.69, 9.17) is 5.73 Å². The lowest BCUT2D eigenvalue weighted by Gasteiger charge is -2.23. The fraction of sp³-hybridized carbons (Fsp3) is 0.333. The number of rotatable bonds is 2. The van der Waals surface area contributed by atoms with Crippen LogP contribution in [-0.2, 0) is 5.60 Å². The minimum absolute atomic E-state index is 0.0213. The molecular weight excluding hydrogens is 237 g/mol. The van der Waals surface area contributed by atoms with Crippen molar-refractivity contribution in [1.29, 1.82) is 0 Å². The van der Waals surface area contributed by atoms with E-state index in [1.807, 2.05) is 0 Å². The summed E-state index contributed by atoms with van der Waals surface area (Å²) in [6.07, 6.45) is 0. The normalized spacial score (nSPS) is 15.5. The first kappa shape index (κ1) is 10.6. The van der Waals surface area contributed by atoms with Gasteiger partial charge in [0.15, 0.2) is 0 Å². The van der Waals surface area contributed by atoms with Crippen LogP contribution in [-0.4, -0.2) is 11.7 Å². The Morgan fingerprint density at radius 1 is 1.62 bits per heavy atom. The Morgan fingerprint density at radius 2 is 2.23 bits per heavy atom. The molecular formula is C9H11BrFNO. The van der Waals surface area contributed by atoms with Gasteiger partial charge in [-0.1, -0.05) is 22.0 Å². The summed E-state index contributed by atoms with van der Waals surface area (Å²) in [6.45, 7) is 1.46. The lowest BCUT2D eigenvalue weighted by molar-refractivity contribution is 0.0621. The average Bonchev–Trinajstić information content (AvgIpc) is 2.03. The van der Waals surface area contributed by atoms with Crippen LogP contribution < -0.4 is 5.73 Å². The maximum atomic E-state index is 13.3. The zero-order valence-corrected chi connectivity index (χ0v) is 8.81. The van der Waals surface area contributed by atoms with Crippen molar-refractivity contribution < 1.29 is 9.50 Å². The van der Waals surface area contributed by atoms with Gasteiger partial charge in [-0.25, -0.2) is 4.39 Å². The minimum Gasteiger partial charge on any atom is -0.384 e. The van der Waals surface area contributed by atoms with Gasteiger partial charge >= 0.3 is 0 Å². The van der Waals surface area contributed by atoms with Gasteiger partial charge in [0, 0.05) is 16.6 Å². The van der Waals surface area contributed by atoms with E-state index in [0.29, 0.717) is 4.47 Å². The molecule has 0 heterocycles. The predicted octanol–water partition coefficient (Wildman–Crippen LogP) is 1.75. The van der Waals surface area contributed by atoms with Crippen LogP contribution in [0.3, 0.4) is 0 Å². The van der Waals surface area contributed by atoms with Gasteiger partial charge in [0.2, 0.25) is 0 Å². The van der Waals surface area contributed by atoms with Crippen LogP contribution in [0.25, 0.3) is 0 Å². The van der Waals surface area contributed by atoms with E-state index in [-0.39, 0.29) is 12.1 Å². The molecule has 1 atom stereocenters. The maximum Gasteiger partial charge on any atom is 0.130 e. The Bertz CT molecular complexity index is 294. The number of hydrogen-bond acceptors (Lipinski definition) is 2. The SMILES string of the molecule is CC(O)(CN)c1c(F)cccc1Br. The van der Waals surface area contributed by atoms with E-state index in [0.717, 1.165) is 0 Å². The molecule has 0 aliphatic carbocycles. The monoisotopic (exact) mass is 247 g/mol. The van der Waals surface area contributed by atoms with Crippen molar-refractivity contribution in [3.63, 3.8) is 0 Å². The molecule has 0 aromatic heterocycles. The molecule has 0 radical (unpaired) electrons. The molecule has 0 saturated heterocycles. The number of hydrogen-bond donors (Lipinski definition) is 2. The fourth-order valence-corrected chi connectivity index (χ4v) is 1.88. The highest BCUT2D eigenvalue weighted by atomic mass is 79.9. The first-order chi connectivity index (χ1) is 5.99. The van der Waals surface area contributed by atoms with Crippen LogP contribution in [0.1, 0.15) is 12.5 Å². The Morgan fingerprint density at radius 3 is 2.69 bits per heavy atom. The molecule has 2 nitrogen and oxygen atoms in total. The van der Waals surface area contributed by atoms with Gasteiger partial charge < -0.3 is 10.8 Å². The summed E-state index contributed by atoms with van der Waals surface area (Å²) in [5, 5.41) is 9.76. The van der Waals surface area contributed by atoms with Crippen LogP contribution in [0.2, 0.25) is 0 Å². The molecule has 0 fully saturated rings. The van der Waals surface area contributed by atoms with Crippen molar-refractivity contribution >= 4 is 15.9 Å². The molecule has 0 aliphatic heterocycles. The molecule has 0 bridgehead atoms. The quantitative estimate of drug-likeness (QED) is 0.837. The highest BCUT2D eigenvalue weighted by Gasteiger charge is 2.26. The van der Waals surface area contributed by atoms with E-state index < -0.39 is 11.4 Å². The average molecular weight is 248 g/mol. The van der Waals surface area contributed by atoms with E-state index in [1.54, 1.807) is 12.1 Å². The largest absolute Gasteiger partial charge is 0.384 e.